The fourth-order valence-corrected chi connectivity index (χ4v) is 2.35. The van der Waals surface area contributed by atoms with Crippen molar-refractivity contribution in [1.82, 2.24) is 0 Å². The van der Waals surface area contributed by atoms with E-state index >= 15 is 0 Å². The van der Waals surface area contributed by atoms with Gasteiger partial charge in [0, 0.05) is 11.8 Å². The number of benzene rings is 2. The molecule has 1 unspecified atom stereocenters. The number of amides is 1. The van der Waals surface area contributed by atoms with Gasteiger partial charge in [-0.25, -0.2) is 4.79 Å². The van der Waals surface area contributed by atoms with E-state index in [0.29, 0.717) is 17.2 Å². The van der Waals surface area contributed by atoms with Crippen LogP contribution in [0.2, 0.25) is 0 Å². The molecule has 26 heavy (non-hydrogen) atoms. The second kappa shape index (κ2) is 7.22. The van der Waals surface area contributed by atoms with Crippen LogP contribution in [0.25, 0.3) is 0 Å². The molecule has 8 nitrogen and oxygen atoms in total. The number of phenolic OH excluding ortho intramolecular Hbond substituents is 1. The molecule has 1 aliphatic rings. The Kier molecular flexibility index (Phi) is 4.83. The molecule has 0 aliphatic carbocycles. The minimum absolute atomic E-state index is 0.0907. The predicted octanol–water partition coefficient (Wildman–Crippen LogP) is 2.31. The minimum atomic E-state index is -1.08. The van der Waals surface area contributed by atoms with Crippen LogP contribution in [0.1, 0.15) is 17.3 Å². The quantitative estimate of drug-likeness (QED) is 0.790. The predicted molar refractivity (Wildman–Crippen MR) is 90.7 cm³/mol. The Hall–Kier alpha value is -3.42. The maximum atomic E-state index is 12.2. The topological polar surface area (TPSA) is 103 Å². The molecule has 0 aromatic heterocycles. The van der Waals surface area contributed by atoms with E-state index in [1.165, 1.54) is 32.2 Å². The molecule has 2 N–H and O–H groups in total. The fraction of sp³-hybridized carbons (Fsp3) is 0.222. The zero-order chi connectivity index (χ0) is 18.7. The zero-order valence-electron chi connectivity index (χ0n) is 14.1. The molecule has 1 heterocycles. The highest BCUT2D eigenvalue weighted by Crippen LogP contribution is 2.34. The smallest absolute Gasteiger partial charge is 0.342 e. The Balaban J connectivity index is 1.65. The zero-order valence-corrected chi connectivity index (χ0v) is 14.1. The molecule has 2 aromatic carbocycles. The van der Waals surface area contributed by atoms with Crippen LogP contribution in [-0.2, 0) is 9.53 Å². The number of esters is 1. The first kappa shape index (κ1) is 17.4. The van der Waals surface area contributed by atoms with E-state index < -0.39 is 18.0 Å². The number of para-hydroxylation sites is 1. The van der Waals surface area contributed by atoms with Gasteiger partial charge in [0.25, 0.3) is 5.91 Å². The lowest BCUT2D eigenvalue weighted by molar-refractivity contribution is -0.123. The van der Waals surface area contributed by atoms with Crippen molar-refractivity contribution in [2.75, 3.05) is 19.2 Å². The molecule has 8 heteroatoms. The minimum Gasteiger partial charge on any atom is -0.504 e. The van der Waals surface area contributed by atoms with E-state index in [0.717, 1.165) is 0 Å². The lowest BCUT2D eigenvalue weighted by atomic mass is 10.2. The van der Waals surface area contributed by atoms with Crippen LogP contribution in [-0.4, -0.2) is 37.0 Å². The van der Waals surface area contributed by atoms with Crippen molar-refractivity contribution in [3.05, 3.63) is 42.0 Å². The standard InChI is InChI=1S/C18H17NO7/c1-10(26-18(22)12-4-3-5-14(23-2)16(12)20)17(21)19-11-6-7-13-15(8-11)25-9-24-13/h3-8,10,20H,9H2,1-2H3,(H,19,21). The summed E-state index contributed by atoms with van der Waals surface area (Å²) >= 11 is 0. The molecule has 0 spiro atoms. The third-order valence-corrected chi connectivity index (χ3v) is 3.73. The number of nitrogens with one attached hydrogen (secondary N) is 1. The molecule has 1 amide bonds. The summed E-state index contributed by atoms with van der Waals surface area (Å²) in [7, 11) is 1.37. The molecule has 0 saturated carbocycles. The second-order valence-electron chi connectivity index (χ2n) is 5.46. The summed E-state index contributed by atoms with van der Waals surface area (Å²) in [6.07, 6.45) is -1.08. The van der Waals surface area contributed by atoms with E-state index in [9.17, 15) is 14.7 Å². The first-order valence-electron chi connectivity index (χ1n) is 7.77. The first-order chi connectivity index (χ1) is 12.5. The fourth-order valence-electron chi connectivity index (χ4n) is 2.35. The van der Waals surface area contributed by atoms with Gasteiger partial charge in [-0.1, -0.05) is 6.07 Å². The van der Waals surface area contributed by atoms with Crippen molar-refractivity contribution in [3.8, 4) is 23.0 Å². The summed E-state index contributed by atoms with van der Waals surface area (Å²) in [5.41, 5.74) is 0.387. The molecular weight excluding hydrogens is 342 g/mol. The van der Waals surface area contributed by atoms with E-state index in [1.807, 2.05) is 0 Å². The Morgan fingerprint density at radius 2 is 1.96 bits per heavy atom. The Morgan fingerprint density at radius 1 is 1.19 bits per heavy atom. The summed E-state index contributed by atoms with van der Waals surface area (Å²) in [4.78, 5) is 24.4. The molecule has 1 atom stereocenters. The largest absolute Gasteiger partial charge is 0.504 e. The molecule has 3 rings (SSSR count). The van der Waals surface area contributed by atoms with Gasteiger partial charge in [0.15, 0.2) is 29.1 Å². The molecule has 1 aliphatic heterocycles. The highest BCUT2D eigenvalue weighted by Gasteiger charge is 2.23. The number of carbonyl (C=O) groups excluding carboxylic acids is 2. The van der Waals surface area contributed by atoms with E-state index in [-0.39, 0.29) is 23.9 Å². The third-order valence-electron chi connectivity index (χ3n) is 3.73. The Morgan fingerprint density at radius 3 is 2.73 bits per heavy atom. The van der Waals surface area contributed by atoms with Gasteiger partial charge in [0.05, 0.1) is 7.11 Å². The highest BCUT2D eigenvalue weighted by molar-refractivity contribution is 5.98. The summed E-state index contributed by atoms with van der Waals surface area (Å²) in [5.74, 6) is -0.459. The lowest BCUT2D eigenvalue weighted by Gasteiger charge is -2.15. The number of phenols is 1. The van der Waals surface area contributed by atoms with Crippen LogP contribution in [0.3, 0.4) is 0 Å². The van der Waals surface area contributed by atoms with Crippen molar-refractivity contribution in [2.45, 2.75) is 13.0 Å². The van der Waals surface area contributed by atoms with Crippen LogP contribution in [0.4, 0.5) is 5.69 Å². The number of rotatable bonds is 5. The highest BCUT2D eigenvalue weighted by atomic mass is 16.7. The second-order valence-corrected chi connectivity index (χ2v) is 5.46. The molecule has 0 bridgehead atoms. The van der Waals surface area contributed by atoms with Crippen LogP contribution in [0, 0.1) is 0 Å². The van der Waals surface area contributed by atoms with Gasteiger partial charge in [-0.15, -0.1) is 0 Å². The van der Waals surface area contributed by atoms with Gasteiger partial charge in [0.1, 0.15) is 5.56 Å². The van der Waals surface area contributed by atoms with Crippen LogP contribution in [0.15, 0.2) is 36.4 Å². The number of carbonyl (C=O) groups is 2. The monoisotopic (exact) mass is 359 g/mol. The normalized spacial score (nSPS) is 13.0. The number of aromatic hydroxyl groups is 1. The van der Waals surface area contributed by atoms with Gasteiger partial charge >= 0.3 is 5.97 Å². The average molecular weight is 359 g/mol. The molecule has 2 aromatic rings. The number of methoxy groups -OCH3 is 1. The third kappa shape index (κ3) is 3.49. The summed E-state index contributed by atoms with van der Waals surface area (Å²) < 4.78 is 20.5. The number of hydrogen-bond donors (Lipinski definition) is 2. The van der Waals surface area contributed by atoms with Gasteiger partial charge < -0.3 is 29.4 Å². The van der Waals surface area contributed by atoms with Crippen molar-refractivity contribution >= 4 is 17.6 Å². The van der Waals surface area contributed by atoms with Crippen molar-refractivity contribution in [1.29, 1.82) is 0 Å². The van der Waals surface area contributed by atoms with E-state index in [4.69, 9.17) is 18.9 Å². The van der Waals surface area contributed by atoms with Gasteiger partial charge in [0.2, 0.25) is 6.79 Å². The Labute approximate surface area is 149 Å². The summed E-state index contributed by atoms with van der Waals surface area (Å²) in [5, 5.41) is 12.6. The van der Waals surface area contributed by atoms with Crippen molar-refractivity contribution in [3.63, 3.8) is 0 Å². The van der Waals surface area contributed by atoms with Crippen molar-refractivity contribution in [2.24, 2.45) is 0 Å². The Bertz CT molecular complexity index is 849. The molecule has 0 saturated heterocycles. The van der Waals surface area contributed by atoms with Crippen LogP contribution < -0.4 is 19.5 Å². The summed E-state index contributed by atoms with van der Waals surface area (Å²) in [6.45, 7) is 1.56. The molecular formula is C18H17NO7. The number of ether oxygens (including phenoxy) is 4. The van der Waals surface area contributed by atoms with Gasteiger partial charge in [-0.2, -0.15) is 0 Å². The van der Waals surface area contributed by atoms with Crippen molar-refractivity contribution < 1.29 is 33.6 Å². The maximum absolute atomic E-state index is 12.2. The lowest BCUT2D eigenvalue weighted by Crippen LogP contribution is -2.30. The van der Waals surface area contributed by atoms with Gasteiger partial charge in [-0.05, 0) is 31.2 Å². The molecule has 0 radical (unpaired) electrons. The van der Waals surface area contributed by atoms with Crippen LogP contribution >= 0.6 is 0 Å². The molecule has 136 valence electrons. The molecule has 0 fully saturated rings. The number of hydrogen-bond acceptors (Lipinski definition) is 7. The SMILES string of the molecule is COc1cccc(C(=O)OC(C)C(=O)Nc2ccc3c(c2)OCO3)c1O. The average Bonchev–Trinajstić information content (AvgIpc) is 3.09. The van der Waals surface area contributed by atoms with Crippen LogP contribution in [0.5, 0.6) is 23.0 Å². The van der Waals surface area contributed by atoms with E-state index in [2.05, 4.69) is 5.32 Å². The first-order valence-corrected chi connectivity index (χ1v) is 7.77. The number of anilines is 1. The maximum Gasteiger partial charge on any atom is 0.342 e. The van der Waals surface area contributed by atoms with Gasteiger partial charge in [-0.3, -0.25) is 4.79 Å². The summed E-state index contributed by atoms with van der Waals surface area (Å²) in [6, 6.07) is 9.34. The van der Waals surface area contributed by atoms with E-state index in [1.54, 1.807) is 18.2 Å². The number of fused-ring (bicyclic) bond motifs is 1.